The SMILES string of the molecule is CS(=O)(=O)CCc1ccc(Nc2ccc(C(F)(F)F)cc2[N+](=O)[O-])cc1. The Kier molecular flexibility index (Phi) is 5.55. The molecular weight excluding hydrogens is 373 g/mol. The van der Waals surface area contributed by atoms with E-state index in [4.69, 9.17) is 0 Å². The van der Waals surface area contributed by atoms with Crippen LogP contribution in [-0.4, -0.2) is 25.3 Å². The summed E-state index contributed by atoms with van der Waals surface area (Å²) in [7, 11) is -3.09. The number of sulfone groups is 1. The number of nitro groups is 1. The van der Waals surface area contributed by atoms with Gasteiger partial charge in [-0.3, -0.25) is 10.1 Å². The van der Waals surface area contributed by atoms with E-state index in [1.165, 1.54) is 0 Å². The van der Waals surface area contributed by atoms with E-state index >= 15 is 0 Å². The van der Waals surface area contributed by atoms with Gasteiger partial charge in [0, 0.05) is 18.0 Å². The predicted molar refractivity (Wildman–Crippen MR) is 91.2 cm³/mol. The summed E-state index contributed by atoms with van der Waals surface area (Å²) in [5.74, 6) is -0.00977. The van der Waals surface area contributed by atoms with Crippen LogP contribution < -0.4 is 5.32 Å². The van der Waals surface area contributed by atoms with E-state index in [0.29, 0.717) is 18.2 Å². The first-order chi connectivity index (χ1) is 12.0. The second-order valence-electron chi connectivity index (χ2n) is 5.69. The van der Waals surface area contributed by atoms with Crippen LogP contribution in [0.2, 0.25) is 0 Å². The molecule has 2 aromatic rings. The lowest BCUT2D eigenvalue weighted by molar-refractivity contribution is -0.384. The van der Waals surface area contributed by atoms with Crippen LogP contribution in [-0.2, 0) is 22.4 Å². The second-order valence-corrected chi connectivity index (χ2v) is 7.95. The Balaban J connectivity index is 2.21. The number of rotatable bonds is 6. The first-order valence-electron chi connectivity index (χ1n) is 7.35. The Labute approximate surface area is 147 Å². The largest absolute Gasteiger partial charge is 0.416 e. The van der Waals surface area contributed by atoms with Gasteiger partial charge < -0.3 is 5.32 Å². The van der Waals surface area contributed by atoms with Crippen molar-refractivity contribution in [3.63, 3.8) is 0 Å². The Morgan fingerprint density at radius 1 is 1.12 bits per heavy atom. The molecule has 0 atom stereocenters. The van der Waals surface area contributed by atoms with E-state index in [0.717, 1.165) is 24.0 Å². The van der Waals surface area contributed by atoms with Crippen LogP contribution in [0, 0.1) is 10.1 Å². The average Bonchev–Trinajstić information content (AvgIpc) is 2.52. The van der Waals surface area contributed by atoms with E-state index in [9.17, 15) is 31.7 Å². The molecule has 10 heteroatoms. The number of nitrogens with one attached hydrogen (secondary N) is 1. The monoisotopic (exact) mass is 388 g/mol. The number of halogens is 3. The number of hydrogen-bond acceptors (Lipinski definition) is 5. The summed E-state index contributed by atoms with van der Waals surface area (Å²) in [5.41, 5.74) is -0.697. The minimum Gasteiger partial charge on any atom is -0.350 e. The van der Waals surface area contributed by atoms with Crippen molar-refractivity contribution < 1.29 is 26.5 Å². The minimum atomic E-state index is -4.68. The number of alkyl halides is 3. The van der Waals surface area contributed by atoms with Gasteiger partial charge in [0.15, 0.2) is 0 Å². The normalized spacial score (nSPS) is 12.0. The van der Waals surface area contributed by atoms with Gasteiger partial charge in [-0.25, -0.2) is 8.42 Å². The lowest BCUT2D eigenvalue weighted by Crippen LogP contribution is -2.07. The highest BCUT2D eigenvalue weighted by Gasteiger charge is 2.33. The third kappa shape index (κ3) is 5.45. The summed E-state index contributed by atoms with van der Waals surface area (Å²) in [6.45, 7) is 0. The molecular formula is C16H15F3N2O4S. The van der Waals surface area contributed by atoms with Gasteiger partial charge in [-0.15, -0.1) is 0 Å². The van der Waals surface area contributed by atoms with Gasteiger partial charge >= 0.3 is 6.18 Å². The number of nitro benzene ring substituents is 1. The van der Waals surface area contributed by atoms with Crippen molar-refractivity contribution >= 4 is 26.9 Å². The molecule has 0 heterocycles. The molecule has 0 aliphatic carbocycles. The first kappa shape index (κ1) is 19.7. The van der Waals surface area contributed by atoms with Gasteiger partial charge in [0.1, 0.15) is 15.5 Å². The molecule has 0 fully saturated rings. The Hall–Kier alpha value is -2.62. The van der Waals surface area contributed by atoms with Crippen molar-refractivity contribution in [3.05, 3.63) is 63.7 Å². The topological polar surface area (TPSA) is 89.3 Å². The van der Waals surface area contributed by atoms with E-state index < -0.39 is 32.2 Å². The van der Waals surface area contributed by atoms with Crippen LogP contribution in [0.5, 0.6) is 0 Å². The van der Waals surface area contributed by atoms with E-state index in [1.807, 2.05) is 0 Å². The van der Waals surface area contributed by atoms with Crippen molar-refractivity contribution in [2.24, 2.45) is 0 Å². The standard InChI is InChI=1S/C16H15F3N2O4S/c1-26(24,25)9-8-11-2-5-13(6-3-11)20-14-7-4-12(16(17,18)19)10-15(14)21(22)23/h2-7,10,20H,8-9H2,1H3. The number of aryl methyl sites for hydroxylation is 1. The van der Waals surface area contributed by atoms with Gasteiger partial charge in [-0.05, 0) is 36.2 Å². The second kappa shape index (κ2) is 7.32. The van der Waals surface area contributed by atoms with Crippen molar-refractivity contribution in [3.8, 4) is 0 Å². The number of anilines is 2. The molecule has 0 amide bonds. The maximum atomic E-state index is 12.7. The van der Waals surface area contributed by atoms with Crippen molar-refractivity contribution in [1.29, 1.82) is 0 Å². The first-order valence-corrected chi connectivity index (χ1v) is 9.41. The fraction of sp³-hybridized carbons (Fsp3) is 0.250. The molecule has 0 aliphatic rings. The number of benzene rings is 2. The highest BCUT2D eigenvalue weighted by molar-refractivity contribution is 7.90. The van der Waals surface area contributed by atoms with Crippen LogP contribution in [0.15, 0.2) is 42.5 Å². The summed E-state index contributed by atoms with van der Waals surface area (Å²) >= 11 is 0. The maximum absolute atomic E-state index is 12.7. The van der Waals surface area contributed by atoms with Crippen LogP contribution in [0.3, 0.4) is 0 Å². The minimum absolute atomic E-state index is 0.00977. The fourth-order valence-electron chi connectivity index (χ4n) is 2.18. The summed E-state index contributed by atoms with van der Waals surface area (Å²) in [6, 6.07) is 8.65. The van der Waals surface area contributed by atoms with Crippen LogP contribution >= 0.6 is 0 Å². The number of nitrogens with zero attached hydrogens (tertiary/aromatic N) is 1. The summed E-state index contributed by atoms with van der Waals surface area (Å²) in [5, 5.41) is 13.8. The van der Waals surface area contributed by atoms with Gasteiger partial charge in [0.2, 0.25) is 0 Å². The molecule has 0 bridgehead atoms. The van der Waals surface area contributed by atoms with Gasteiger partial charge in [0.05, 0.1) is 16.2 Å². The fourth-order valence-corrected chi connectivity index (χ4v) is 2.78. The zero-order chi connectivity index (χ0) is 19.5. The van der Waals surface area contributed by atoms with E-state index in [1.54, 1.807) is 24.3 Å². The smallest absolute Gasteiger partial charge is 0.350 e. The lowest BCUT2D eigenvalue weighted by atomic mass is 10.1. The van der Waals surface area contributed by atoms with Gasteiger partial charge in [-0.2, -0.15) is 13.2 Å². The van der Waals surface area contributed by atoms with Crippen LogP contribution in [0.4, 0.5) is 30.2 Å². The van der Waals surface area contributed by atoms with E-state index in [2.05, 4.69) is 5.32 Å². The lowest BCUT2D eigenvalue weighted by Gasteiger charge is -2.11. The van der Waals surface area contributed by atoms with Crippen molar-refractivity contribution in [1.82, 2.24) is 0 Å². The molecule has 0 saturated carbocycles. The molecule has 0 aliphatic heterocycles. The average molecular weight is 388 g/mol. The van der Waals surface area contributed by atoms with Crippen LogP contribution in [0.25, 0.3) is 0 Å². The quantitative estimate of drug-likeness (QED) is 0.598. The molecule has 0 aromatic heterocycles. The molecule has 0 unspecified atom stereocenters. The van der Waals surface area contributed by atoms with Crippen molar-refractivity contribution in [2.75, 3.05) is 17.3 Å². The molecule has 1 N–H and O–H groups in total. The molecule has 6 nitrogen and oxygen atoms in total. The molecule has 2 rings (SSSR count). The summed E-state index contributed by atoms with van der Waals surface area (Å²) < 4.78 is 60.4. The Bertz CT molecular complexity index is 910. The molecule has 140 valence electrons. The van der Waals surface area contributed by atoms with E-state index in [-0.39, 0.29) is 11.4 Å². The summed E-state index contributed by atoms with van der Waals surface area (Å²) in [4.78, 5) is 10.2. The Morgan fingerprint density at radius 2 is 1.73 bits per heavy atom. The van der Waals surface area contributed by atoms with Crippen LogP contribution in [0.1, 0.15) is 11.1 Å². The Morgan fingerprint density at radius 3 is 2.23 bits per heavy atom. The molecule has 2 aromatic carbocycles. The molecule has 0 spiro atoms. The zero-order valence-corrected chi connectivity index (χ0v) is 14.4. The molecule has 26 heavy (non-hydrogen) atoms. The third-order valence-electron chi connectivity index (χ3n) is 3.52. The highest BCUT2D eigenvalue weighted by Crippen LogP contribution is 2.36. The van der Waals surface area contributed by atoms with Crippen molar-refractivity contribution in [2.45, 2.75) is 12.6 Å². The van der Waals surface area contributed by atoms with Gasteiger partial charge in [0.25, 0.3) is 5.69 Å². The summed E-state index contributed by atoms with van der Waals surface area (Å²) in [6.07, 6.45) is -3.23. The third-order valence-corrected chi connectivity index (χ3v) is 4.46. The van der Waals surface area contributed by atoms with Gasteiger partial charge in [-0.1, -0.05) is 12.1 Å². The number of hydrogen-bond donors (Lipinski definition) is 1. The molecule has 0 radical (unpaired) electrons. The maximum Gasteiger partial charge on any atom is 0.416 e. The zero-order valence-electron chi connectivity index (χ0n) is 13.6. The predicted octanol–water partition coefficient (Wildman–Crippen LogP) is 3.94. The molecule has 0 saturated heterocycles. The highest BCUT2D eigenvalue weighted by atomic mass is 32.2.